The molecule has 2 aromatic rings. The maximum absolute atomic E-state index is 13.7. The molecule has 17 heteroatoms. The van der Waals surface area contributed by atoms with E-state index in [9.17, 15) is 35.5 Å². The first kappa shape index (κ1) is 32.2. The fourth-order valence-corrected chi connectivity index (χ4v) is 3.72. The van der Waals surface area contributed by atoms with Crippen LogP contribution in [0.2, 0.25) is 0 Å². The van der Waals surface area contributed by atoms with Gasteiger partial charge in [-0.25, -0.2) is 19.0 Å². The summed E-state index contributed by atoms with van der Waals surface area (Å²) in [5, 5.41) is 14.2. The third-order valence-electron chi connectivity index (χ3n) is 5.40. The Hall–Kier alpha value is -4.02. The van der Waals surface area contributed by atoms with Gasteiger partial charge in [0.1, 0.15) is 6.10 Å². The standard InChI is InChI=1S/C19H20FN3O3.2C2HF3O2/c20-16-5-2-8-22-17(16)26-15-10-19(25-12-15)6-3-9-23(13-19)18(24)14-4-1-7-21-11-14;2*3-2(4,5)1(6)7/h1-2,4-5,7-8,11,15H,3,6,9-10,12-13H2;2*(H,6,7)/t15-,19-;;/m0../s1. The van der Waals surface area contributed by atoms with Gasteiger partial charge in [-0.3, -0.25) is 9.78 Å². The molecule has 0 aromatic carbocycles. The maximum Gasteiger partial charge on any atom is 0.490 e. The van der Waals surface area contributed by atoms with Gasteiger partial charge in [0.25, 0.3) is 11.8 Å². The molecule has 0 unspecified atom stereocenters. The number of amides is 1. The minimum atomic E-state index is -5.08. The largest absolute Gasteiger partial charge is 0.490 e. The van der Waals surface area contributed by atoms with E-state index in [1.54, 1.807) is 24.5 Å². The van der Waals surface area contributed by atoms with E-state index in [1.807, 2.05) is 4.90 Å². The highest BCUT2D eigenvalue weighted by Gasteiger charge is 2.46. The number of pyridine rings is 2. The van der Waals surface area contributed by atoms with Crippen LogP contribution in [0.4, 0.5) is 30.7 Å². The van der Waals surface area contributed by atoms with Crippen LogP contribution in [0.25, 0.3) is 0 Å². The van der Waals surface area contributed by atoms with Gasteiger partial charge >= 0.3 is 24.3 Å². The molecule has 2 aliphatic rings. The molecule has 220 valence electrons. The summed E-state index contributed by atoms with van der Waals surface area (Å²) in [6.07, 6.45) is -3.39. The fourth-order valence-electron chi connectivity index (χ4n) is 3.72. The second-order valence-corrected chi connectivity index (χ2v) is 8.41. The van der Waals surface area contributed by atoms with Crippen molar-refractivity contribution in [2.45, 2.75) is 43.3 Å². The predicted octanol–water partition coefficient (Wildman–Crippen LogP) is 3.73. The maximum atomic E-state index is 13.7. The summed E-state index contributed by atoms with van der Waals surface area (Å²) in [4.78, 5) is 40.2. The molecule has 2 aliphatic heterocycles. The van der Waals surface area contributed by atoms with E-state index in [4.69, 9.17) is 29.3 Å². The molecule has 0 bridgehead atoms. The van der Waals surface area contributed by atoms with Crippen molar-refractivity contribution in [3.05, 3.63) is 54.2 Å². The number of hydrogen-bond acceptors (Lipinski definition) is 7. The molecule has 40 heavy (non-hydrogen) atoms. The number of hydrogen-bond donors (Lipinski definition) is 2. The summed E-state index contributed by atoms with van der Waals surface area (Å²) in [6.45, 7) is 1.56. The quantitative estimate of drug-likeness (QED) is 0.516. The van der Waals surface area contributed by atoms with E-state index in [0.717, 1.165) is 12.8 Å². The van der Waals surface area contributed by atoms with Crippen LogP contribution in [0.3, 0.4) is 0 Å². The Morgan fingerprint density at radius 1 is 1.02 bits per heavy atom. The van der Waals surface area contributed by atoms with E-state index in [0.29, 0.717) is 31.7 Å². The normalized spacial score (nSPS) is 20.5. The van der Waals surface area contributed by atoms with Gasteiger partial charge in [0.05, 0.1) is 24.3 Å². The van der Waals surface area contributed by atoms with Gasteiger partial charge in [-0.1, -0.05) is 0 Å². The van der Waals surface area contributed by atoms with Crippen molar-refractivity contribution >= 4 is 17.8 Å². The topological polar surface area (TPSA) is 139 Å². The molecular formula is C23H22F7N3O7. The molecule has 2 atom stereocenters. The third kappa shape index (κ3) is 9.62. The Morgan fingerprint density at radius 2 is 1.62 bits per heavy atom. The van der Waals surface area contributed by atoms with Crippen LogP contribution in [0.15, 0.2) is 42.9 Å². The van der Waals surface area contributed by atoms with E-state index in [1.165, 1.54) is 18.3 Å². The van der Waals surface area contributed by atoms with Crippen LogP contribution in [-0.4, -0.2) is 86.7 Å². The minimum absolute atomic E-state index is 0.00254. The number of carboxylic acid groups (broad SMARTS) is 2. The predicted molar refractivity (Wildman–Crippen MR) is 119 cm³/mol. The number of rotatable bonds is 3. The third-order valence-corrected chi connectivity index (χ3v) is 5.40. The first-order valence-corrected chi connectivity index (χ1v) is 11.2. The van der Waals surface area contributed by atoms with Gasteiger partial charge in [-0.15, -0.1) is 0 Å². The Kier molecular flexibility index (Phi) is 10.8. The second kappa shape index (κ2) is 13.4. The van der Waals surface area contributed by atoms with Crippen molar-refractivity contribution in [3.63, 3.8) is 0 Å². The van der Waals surface area contributed by atoms with E-state index < -0.39 is 35.7 Å². The lowest BCUT2D eigenvalue weighted by Gasteiger charge is -2.39. The van der Waals surface area contributed by atoms with Crippen molar-refractivity contribution in [2.24, 2.45) is 0 Å². The SMILES string of the molecule is O=C(O)C(F)(F)F.O=C(O)C(F)(F)F.O=C(c1cccnc1)N1CCC[C@]2(C[C@H](Oc3ncccc3F)CO2)C1. The summed E-state index contributed by atoms with van der Waals surface area (Å²) in [7, 11) is 0. The number of carboxylic acids is 2. The molecule has 4 rings (SSSR count). The number of nitrogens with zero attached hydrogens (tertiary/aromatic N) is 3. The number of carbonyl (C=O) groups is 3. The molecular weight excluding hydrogens is 563 g/mol. The van der Waals surface area contributed by atoms with Crippen molar-refractivity contribution in [3.8, 4) is 5.88 Å². The molecule has 10 nitrogen and oxygen atoms in total. The van der Waals surface area contributed by atoms with Crippen LogP contribution in [0.5, 0.6) is 5.88 Å². The highest BCUT2D eigenvalue weighted by molar-refractivity contribution is 5.94. The summed E-state index contributed by atoms with van der Waals surface area (Å²) < 4.78 is 88.9. The first-order valence-electron chi connectivity index (χ1n) is 11.2. The van der Waals surface area contributed by atoms with E-state index in [2.05, 4.69) is 9.97 Å². The van der Waals surface area contributed by atoms with Crippen LogP contribution >= 0.6 is 0 Å². The van der Waals surface area contributed by atoms with E-state index >= 15 is 0 Å². The molecule has 4 heterocycles. The van der Waals surface area contributed by atoms with Crippen molar-refractivity contribution in [1.82, 2.24) is 14.9 Å². The Morgan fingerprint density at radius 3 is 2.15 bits per heavy atom. The van der Waals surface area contributed by atoms with Crippen molar-refractivity contribution in [1.29, 1.82) is 0 Å². The Labute approximate surface area is 221 Å². The van der Waals surface area contributed by atoms with E-state index in [-0.39, 0.29) is 17.9 Å². The molecule has 2 aromatic heterocycles. The summed E-state index contributed by atoms with van der Waals surface area (Å²) >= 11 is 0. The lowest BCUT2D eigenvalue weighted by atomic mass is 9.89. The summed E-state index contributed by atoms with van der Waals surface area (Å²) in [6, 6.07) is 6.37. The average Bonchev–Trinajstić information content (AvgIpc) is 3.26. The van der Waals surface area contributed by atoms with Crippen molar-refractivity contribution in [2.75, 3.05) is 19.7 Å². The smallest absolute Gasteiger partial charge is 0.475 e. The van der Waals surface area contributed by atoms with Gasteiger partial charge in [-0.2, -0.15) is 26.3 Å². The molecule has 1 spiro atoms. The second-order valence-electron chi connectivity index (χ2n) is 8.41. The molecule has 2 saturated heterocycles. The van der Waals surface area contributed by atoms with Gasteiger partial charge in [0.15, 0.2) is 5.82 Å². The number of likely N-dealkylation sites (tertiary alicyclic amines) is 1. The highest BCUT2D eigenvalue weighted by atomic mass is 19.4. The zero-order valence-electron chi connectivity index (χ0n) is 20.3. The molecule has 2 N–H and O–H groups in total. The van der Waals surface area contributed by atoms with Gasteiger partial charge in [-0.05, 0) is 37.1 Å². The summed E-state index contributed by atoms with van der Waals surface area (Å²) in [5.74, 6) is -6.04. The van der Waals surface area contributed by atoms with Crippen molar-refractivity contribution < 1.29 is 64.8 Å². The van der Waals surface area contributed by atoms with Crippen LogP contribution in [0.1, 0.15) is 29.6 Å². The lowest BCUT2D eigenvalue weighted by molar-refractivity contribution is -0.193. The average molecular weight is 585 g/mol. The van der Waals surface area contributed by atoms with Gasteiger partial charge in [0, 0.05) is 31.6 Å². The first-order chi connectivity index (χ1) is 18.5. The van der Waals surface area contributed by atoms with Crippen LogP contribution < -0.4 is 4.74 Å². The van der Waals surface area contributed by atoms with Crippen LogP contribution in [0, 0.1) is 5.82 Å². The monoisotopic (exact) mass is 585 g/mol. The highest BCUT2D eigenvalue weighted by Crippen LogP contribution is 2.36. The minimum Gasteiger partial charge on any atom is -0.475 e. The van der Waals surface area contributed by atoms with Crippen LogP contribution in [-0.2, 0) is 14.3 Å². The Balaban J connectivity index is 0.000000333. The summed E-state index contributed by atoms with van der Waals surface area (Å²) in [5.41, 5.74) is 0.136. The lowest BCUT2D eigenvalue weighted by Crippen LogP contribution is -2.50. The molecule has 2 fully saturated rings. The van der Waals surface area contributed by atoms with Gasteiger partial charge in [0.2, 0.25) is 0 Å². The fraction of sp³-hybridized carbons (Fsp3) is 0.435. The molecule has 0 radical (unpaired) electrons. The molecule has 0 saturated carbocycles. The number of alkyl halides is 6. The van der Waals surface area contributed by atoms with Gasteiger partial charge < -0.3 is 24.6 Å². The molecule has 1 amide bonds. The number of piperidine rings is 1. The molecule has 0 aliphatic carbocycles. The zero-order chi connectivity index (χ0) is 30.1. The number of aliphatic carboxylic acids is 2. The Bertz CT molecular complexity index is 1140. The number of aromatic nitrogens is 2. The zero-order valence-corrected chi connectivity index (χ0v) is 20.3. The number of ether oxygens (including phenoxy) is 2. The number of halogens is 7. The number of carbonyl (C=O) groups excluding carboxylic acids is 1.